The number of benzene rings is 1. The largest absolute Gasteiger partial charge is 0.497 e. The van der Waals surface area contributed by atoms with E-state index < -0.39 is 0 Å². The number of nitrogens with zero attached hydrogens (tertiary/aromatic N) is 1. The van der Waals surface area contributed by atoms with Gasteiger partial charge >= 0.3 is 0 Å². The van der Waals surface area contributed by atoms with Gasteiger partial charge in [0.2, 0.25) is 0 Å². The Bertz CT molecular complexity index is 413. The van der Waals surface area contributed by atoms with Gasteiger partial charge in [-0.05, 0) is 70.4 Å². The number of hydrogen-bond donors (Lipinski definition) is 1. The van der Waals surface area contributed by atoms with Crippen molar-refractivity contribution in [2.45, 2.75) is 38.8 Å². The summed E-state index contributed by atoms with van der Waals surface area (Å²) < 4.78 is 5.30. The van der Waals surface area contributed by atoms with Crippen molar-refractivity contribution < 1.29 is 4.74 Å². The van der Waals surface area contributed by atoms with Crippen LogP contribution in [-0.2, 0) is 0 Å². The summed E-state index contributed by atoms with van der Waals surface area (Å²) in [6, 6.07) is 9.27. The maximum Gasteiger partial charge on any atom is 0.119 e. The first-order valence-electron chi connectivity index (χ1n) is 7.68. The second kappa shape index (κ2) is 7.09. The molecule has 1 aromatic carbocycles. The van der Waals surface area contributed by atoms with Crippen LogP contribution in [0.3, 0.4) is 0 Å². The van der Waals surface area contributed by atoms with E-state index >= 15 is 0 Å². The number of nitrogens with one attached hydrogen (secondary N) is 1. The Labute approximate surface area is 123 Å². The highest BCUT2D eigenvalue weighted by Gasteiger charge is 2.23. The zero-order valence-electron chi connectivity index (χ0n) is 13.2. The van der Waals surface area contributed by atoms with Crippen LogP contribution in [0.1, 0.15) is 38.3 Å². The molecule has 2 atom stereocenters. The van der Waals surface area contributed by atoms with Crippen molar-refractivity contribution in [2.75, 3.05) is 27.2 Å². The lowest BCUT2D eigenvalue weighted by atomic mass is 9.90. The van der Waals surface area contributed by atoms with E-state index in [1.54, 1.807) is 7.11 Å². The van der Waals surface area contributed by atoms with Crippen molar-refractivity contribution >= 4 is 0 Å². The first kappa shape index (κ1) is 15.3. The predicted octanol–water partition coefficient (Wildman–Crippen LogP) is 3.08. The highest BCUT2D eigenvalue weighted by Crippen LogP contribution is 2.24. The molecule has 1 aliphatic heterocycles. The molecule has 0 radical (unpaired) electrons. The van der Waals surface area contributed by atoms with E-state index in [4.69, 9.17) is 4.74 Å². The van der Waals surface area contributed by atoms with Crippen LogP contribution >= 0.6 is 0 Å². The Morgan fingerprint density at radius 2 is 1.95 bits per heavy atom. The van der Waals surface area contributed by atoms with E-state index in [-0.39, 0.29) is 0 Å². The van der Waals surface area contributed by atoms with Crippen molar-refractivity contribution in [2.24, 2.45) is 5.92 Å². The molecule has 20 heavy (non-hydrogen) atoms. The van der Waals surface area contributed by atoms with E-state index in [2.05, 4.69) is 49.3 Å². The molecule has 3 heteroatoms. The van der Waals surface area contributed by atoms with Gasteiger partial charge in [-0.3, -0.25) is 0 Å². The highest BCUT2D eigenvalue weighted by molar-refractivity contribution is 5.30. The Kier molecular flexibility index (Phi) is 5.44. The van der Waals surface area contributed by atoms with Crippen molar-refractivity contribution in [3.8, 4) is 5.75 Å². The molecule has 1 aliphatic rings. The van der Waals surface area contributed by atoms with Gasteiger partial charge in [-0.15, -0.1) is 0 Å². The molecule has 3 nitrogen and oxygen atoms in total. The topological polar surface area (TPSA) is 24.5 Å². The van der Waals surface area contributed by atoms with Crippen molar-refractivity contribution in [1.29, 1.82) is 0 Å². The van der Waals surface area contributed by atoms with Crippen LogP contribution in [0.2, 0.25) is 0 Å². The third-order valence-corrected chi connectivity index (χ3v) is 4.58. The van der Waals surface area contributed by atoms with Crippen LogP contribution in [0, 0.1) is 5.92 Å². The molecular formula is C17H28N2O. The number of ether oxygens (including phenoxy) is 1. The monoisotopic (exact) mass is 276 g/mol. The van der Waals surface area contributed by atoms with Crippen molar-refractivity contribution in [1.82, 2.24) is 10.2 Å². The SMILES string of the molecule is COc1cccc(C(C)NC(C)C2CCN(C)CC2)c1. The van der Waals surface area contributed by atoms with Crippen LogP contribution in [0.15, 0.2) is 24.3 Å². The third kappa shape index (κ3) is 3.97. The molecule has 0 saturated carbocycles. The quantitative estimate of drug-likeness (QED) is 0.894. The van der Waals surface area contributed by atoms with Crippen LogP contribution in [0.5, 0.6) is 5.75 Å². The van der Waals surface area contributed by atoms with Gasteiger partial charge in [-0.2, -0.15) is 0 Å². The lowest BCUT2D eigenvalue weighted by Gasteiger charge is -2.34. The van der Waals surface area contributed by atoms with Gasteiger partial charge in [0.1, 0.15) is 5.75 Å². The number of hydrogen-bond acceptors (Lipinski definition) is 3. The van der Waals surface area contributed by atoms with Crippen LogP contribution in [-0.4, -0.2) is 38.2 Å². The minimum Gasteiger partial charge on any atom is -0.497 e. The summed E-state index contributed by atoms with van der Waals surface area (Å²) in [5.41, 5.74) is 1.30. The highest BCUT2D eigenvalue weighted by atomic mass is 16.5. The summed E-state index contributed by atoms with van der Waals surface area (Å²) in [7, 11) is 3.94. The first-order valence-corrected chi connectivity index (χ1v) is 7.68. The molecule has 2 rings (SSSR count). The van der Waals surface area contributed by atoms with Gasteiger partial charge in [-0.25, -0.2) is 0 Å². The maximum absolute atomic E-state index is 5.30. The summed E-state index contributed by atoms with van der Waals surface area (Å²) in [6.45, 7) is 7.02. The molecule has 1 saturated heterocycles. The van der Waals surface area contributed by atoms with E-state index in [1.165, 1.54) is 31.5 Å². The Morgan fingerprint density at radius 1 is 1.25 bits per heavy atom. The summed E-state index contributed by atoms with van der Waals surface area (Å²) in [5, 5.41) is 3.76. The Morgan fingerprint density at radius 3 is 2.60 bits per heavy atom. The summed E-state index contributed by atoms with van der Waals surface area (Å²) in [4.78, 5) is 2.43. The van der Waals surface area contributed by atoms with Crippen LogP contribution < -0.4 is 10.1 Å². The van der Waals surface area contributed by atoms with E-state index in [9.17, 15) is 0 Å². The number of rotatable bonds is 5. The van der Waals surface area contributed by atoms with Crippen LogP contribution in [0.4, 0.5) is 0 Å². The molecule has 112 valence electrons. The number of methoxy groups -OCH3 is 1. The van der Waals surface area contributed by atoms with Gasteiger partial charge in [-0.1, -0.05) is 12.1 Å². The fourth-order valence-electron chi connectivity index (χ4n) is 3.07. The lowest BCUT2D eigenvalue weighted by molar-refractivity contribution is 0.185. The number of piperidine rings is 1. The predicted molar refractivity (Wildman–Crippen MR) is 84.2 cm³/mol. The molecule has 1 heterocycles. The zero-order valence-corrected chi connectivity index (χ0v) is 13.2. The molecule has 1 N–H and O–H groups in total. The minimum absolute atomic E-state index is 0.361. The molecule has 0 aliphatic carbocycles. The minimum atomic E-state index is 0.361. The smallest absolute Gasteiger partial charge is 0.119 e. The summed E-state index contributed by atoms with van der Waals surface area (Å²) in [5.74, 6) is 1.72. The molecule has 1 aromatic rings. The van der Waals surface area contributed by atoms with E-state index in [0.29, 0.717) is 12.1 Å². The van der Waals surface area contributed by atoms with Gasteiger partial charge in [0, 0.05) is 12.1 Å². The summed E-state index contributed by atoms with van der Waals surface area (Å²) in [6.07, 6.45) is 2.60. The normalized spacial score (nSPS) is 20.6. The molecule has 0 bridgehead atoms. The third-order valence-electron chi connectivity index (χ3n) is 4.58. The zero-order chi connectivity index (χ0) is 14.5. The molecule has 0 amide bonds. The fourth-order valence-corrected chi connectivity index (χ4v) is 3.07. The Hall–Kier alpha value is -1.06. The van der Waals surface area contributed by atoms with E-state index in [1.807, 2.05) is 6.07 Å². The lowest BCUT2D eigenvalue weighted by Crippen LogP contribution is -2.41. The first-order chi connectivity index (χ1) is 9.60. The molecular weight excluding hydrogens is 248 g/mol. The molecule has 1 fully saturated rings. The summed E-state index contributed by atoms with van der Waals surface area (Å²) >= 11 is 0. The van der Waals surface area contributed by atoms with Gasteiger partial charge < -0.3 is 15.0 Å². The van der Waals surface area contributed by atoms with Gasteiger partial charge in [0.25, 0.3) is 0 Å². The maximum atomic E-state index is 5.30. The van der Waals surface area contributed by atoms with Gasteiger partial charge in [0.15, 0.2) is 0 Å². The molecule has 0 aromatic heterocycles. The number of likely N-dealkylation sites (tertiary alicyclic amines) is 1. The van der Waals surface area contributed by atoms with Crippen LogP contribution in [0.25, 0.3) is 0 Å². The average molecular weight is 276 g/mol. The molecule has 2 unspecified atom stereocenters. The van der Waals surface area contributed by atoms with Crippen molar-refractivity contribution in [3.05, 3.63) is 29.8 Å². The average Bonchev–Trinajstić information content (AvgIpc) is 2.47. The van der Waals surface area contributed by atoms with Gasteiger partial charge in [0.05, 0.1) is 7.11 Å². The second-order valence-corrected chi connectivity index (χ2v) is 6.09. The molecule has 0 spiro atoms. The van der Waals surface area contributed by atoms with E-state index in [0.717, 1.165) is 11.7 Å². The fraction of sp³-hybridized carbons (Fsp3) is 0.647. The Balaban J connectivity index is 1.91. The standard InChI is InChI=1S/C17H28N2O/c1-13(15-8-10-19(3)11-9-15)18-14(2)16-6-5-7-17(12-16)20-4/h5-7,12-15,18H,8-11H2,1-4H3. The van der Waals surface area contributed by atoms with Crippen molar-refractivity contribution in [3.63, 3.8) is 0 Å². The second-order valence-electron chi connectivity index (χ2n) is 6.09.